The number of carboxylic acid groups (broad SMARTS) is 1. The van der Waals surface area contributed by atoms with Crippen LogP contribution in [0.3, 0.4) is 0 Å². The van der Waals surface area contributed by atoms with Gasteiger partial charge in [0.25, 0.3) is 11.8 Å². The molecule has 2 aromatic rings. The normalized spacial score (nSPS) is 13.2. The topological polar surface area (TPSA) is 113 Å². The Morgan fingerprint density at radius 1 is 1.32 bits per heavy atom. The first kappa shape index (κ1) is 19.5. The lowest BCUT2D eigenvalue weighted by Gasteiger charge is -2.26. The molecule has 1 aromatic carbocycles. The number of nitrogens with one attached hydrogen (secondary N) is 1. The third-order valence-corrected chi connectivity index (χ3v) is 4.45. The molecule has 2 N–H and O–H groups in total. The highest BCUT2D eigenvalue weighted by molar-refractivity contribution is 5.96. The van der Waals surface area contributed by atoms with Crippen LogP contribution in [0.2, 0.25) is 0 Å². The Morgan fingerprint density at radius 2 is 2.07 bits per heavy atom. The van der Waals surface area contributed by atoms with Crippen LogP contribution in [0.25, 0.3) is 0 Å². The summed E-state index contributed by atoms with van der Waals surface area (Å²) in [4.78, 5) is 36.6. The van der Waals surface area contributed by atoms with Crippen molar-refractivity contribution in [1.29, 1.82) is 0 Å². The van der Waals surface area contributed by atoms with Crippen LogP contribution in [0.4, 0.5) is 8.78 Å². The number of rotatable bonds is 5. The number of carboxylic acids is 1. The number of benzene rings is 1. The molecule has 0 radical (unpaired) electrons. The van der Waals surface area contributed by atoms with E-state index in [1.54, 1.807) is 0 Å². The van der Waals surface area contributed by atoms with E-state index >= 15 is 0 Å². The SMILES string of the molecule is Cc1ccc(F)c(C(=O)N2CCc3onc(C(=O)NCCC(=O)O)c3C2)c1F. The highest BCUT2D eigenvalue weighted by Crippen LogP contribution is 2.26. The summed E-state index contributed by atoms with van der Waals surface area (Å²) >= 11 is 0. The van der Waals surface area contributed by atoms with Crippen molar-refractivity contribution < 1.29 is 32.8 Å². The van der Waals surface area contributed by atoms with E-state index in [2.05, 4.69) is 10.5 Å². The average molecular weight is 393 g/mol. The van der Waals surface area contributed by atoms with Gasteiger partial charge in [-0.3, -0.25) is 14.4 Å². The summed E-state index contributed by atoms with van der Waals surface area (Å²) in [5.74, 6) is -4.03. The largest absolute Gasteiger partial charge is 0.481 e. The van der Waals surface area contributed by atoms with Crippen LogP contribution in [0, 0.1) is 18.6 Å². The van der Waals surface area contributed by atoms with E-state index in [9.17, 15) is 23.2 Å². The number of nitrogens with zero attached hydrogens (tertiary/aromatic N) is 2. The molecule has 2 amide bonds. The molecule has 10 heteroatoms. The molecule has 28 heavy (non-hydrogen) atoms. The van der Waals surface area contributed by atoms with Gasteiger partial charge >= 0.3 is 5.97 Å². The number of carbonyl (C=O) groups excluding carboxylic acids is 2. The number of amides is 2. The molecule has 148 valence electrons. The maximum Gasteiger partial charge on any atom is 0.305 e. The Bertz CT molecular complexity index is 957. The molecular formula is C18H17F2N3O5. The maximum atomic E-state index is 14.3. The molecule has 1 aliphatic rings. The Kier molecular flexibility index (Phi) is 5.39. The Labute approximate surface area is 158 Å². The third kappa shape index (κ3) is 3.71. The molecule has 0 saturated carbocycles. The minimum atomic E-state index is -1.07. The molecular weight excluding hydrogens is 376 g/mol. The van der Waals surface area contributed by atoms with Crippen LogP contribution < -0.4 is 5.32 Å². The van der Waals surface area contributed by atoms with Crippen molar-refractivity contribution in [2.45, 2.75) is 26.3 Å². The molecule has 0 bridgehead atoms. The van der Waals surface area contributed by atoms with Gasteiger partial charge in [-0.05, 0) is 18.6 Å². The summed E-state index contributed by atoms with van der Waals surface area (Å²) in [5.41, 5.74) is -0.248. The number of hydrogen-bond donors (Lipinski definition) is 2. The minimum absolute atomic E-state index is 0.0805. The first-order valence-corrected chi connectivity index (χ1v) is 8.51. The smallest absolute Gasteiger partial charge is 0.305 e. The van der Waals surface area contributed by atoms with E-state index in [-0.39, 0.29) is 43.7 Å². The van der Waals surface area contributed by atoms with Crippen molar-refractivity contribution in [3.05, 3.63) is 51.9 Å². The van der Waals surface area contributed by atoms with Gasteiger partial charge in [0.15, 0.2) is 5.69 Å². The summed E-state index contributed by atoms with van der Waals surface area (Å²) in [5, 5.41) is 14.7. The molecule has 0 fully saturated rings. The zero-order chi connectivity index (χ0) is 20.4. The van der Waals surface area contributed by atoms with Gasteiger partial charge in [0.1, 0.15) is 23.0 Å². The molecule has 3 rings (SSSR count). The number of fused-ring (bicyclic) bond motifs is 1. The van der Waals surface area contributed by atoms with Crippen molar-refractivity contribution in [1.82, 2.24) is 15.4 Å². The van der Waals surface area contributed by atoms with Gasteiger partial charge in [-0.1, -0.05) is 11.2 Å². The molecule has 0 atom stereocenters. The summed E-state index contributed by atoms with van der Waals surface area (Å²) in [6, 6.07) is 2.27. The van der Waals surface area contributed by atoms with Crippen molar-refractivity contribution in [3.8, 4) is 0 Å². The van der Waals surface area contributed by atoms with Crippen molar-refractivity contribution in [3.63, 3.8) is 0 Å². The van der Waals surface area contributed by atoms with Crippen LogP contribution in [0.5, 0.6) is 0 Å². The van der Waals surface area contributed by atoms with Crippen molar-refractivity contribution >= 4 is 17.8 Å². The fourth-order valence-corrected chi connectivity index (χ4v) is 2.94. The first-order chi connectivity index (χ1) is 13.3. The lowest BCUT2D eigenvalue weighted by molar-refractivity contribution is -0.136. The lowest BCUT2D eigenvalue weighted by atomic mass is 10.0. The second-order valence-electron chi connectivity index (χ2n) is 6.36. The first-order valence-electron chi connectivity index (χ1n) is 8.51. The van der Waals surface area contributed by atoms with Gasteiger partial charge in [-0.2, -0.15) is 0 Å². The van der Waals surface area contributed by atoms with E-state index < -0.39 is 35.0 Å². The average Bonchev–Trinajstić information content (AvgIpc) is 3.08. The van der Waals surface area contributed by atoms with Gasteiger partial charge in [0.05, 0.1) is 13.0 Å². The lowest BCUT2D eigenvalue weighted by Crippen LogP contribution is -2.37. The van der Waals surface area contributed by atoms with Crippen LogP contribution >= 0.6 is 0 Å². The van der Waals surface area contributed by atoms with Crippen molar-refractivity contribution in [2.24, 2.45) is 0 Å². The summed E-state index contributed by atoms with van der Waals surface area (Å²) in [6.45, 7) is 1.37. The molecule has 0 unspecified atom stereocenters. The van der Waals surface area contributed by atoms with E-state index in [1.807, 2.05) is 0 Å². The van der Waals surface area contributed by atoms with Gasteiger partial charge in [0.2, 0.25) is 0 Å². The Morgan fingerprint density at radius 3 is 2.79 bits per heavy atom. The number of hydrogen-bond acceptors (Lipinski definition) is 5. The van der Waals surface area contributed by atoms with Crippen LogP contribution in [-0.4, -0.2) is 46.0 Å². The monoisotopic (exact) mass is 393 g/mol. The number of halogens is 2. The predicted octanol–water partition coefficient (Wildman–Crippen LogP) is 1.66. The van der Waals surface area contributed by atoms with Crippen molar-refractivity contribution in [2.75, 3.05) is 13.1 Å². The molecule has 1 aliphatic heterocycles. The van der Waals surface area contributed by atoms with E-state index in [4.69, 9.17) is 9.63 Å². The quantitative estimate of drug-likeness (QED) is 0.799. The summed E-state index contributed by atoms with van der Waals surface area (Å²) < 4.78 is 33.5. The number of carbonyl (C=O) groups is 3. The number of aryl methyl sites for hydroxylation is 1. The van der Waals surface area contributed by atoms with Gasteiger partial charge in [0, 0.05) is 25.1 Å². The predicted molar refractivity (Wildman–Crippen MR) is 90.6 cm³/mol. The van der Waals surface area contributed by atoms with Crippen LogP contribution in [0.15, 0.2) is 16.7 Å². The standard InChI is InChI=1S/C18H17F2N3O5/c1-9-2-3-11(19)14(15(9)20)18(27)23-7-5-12-10(8-23)16(22-28-12)17(26)21-6-4-13(24)25/h2-3H,4-8H2,1H3,(H,21,26)(H,24,25). The highest BCUT2D eigenvalue weighted by Gasteiger charge is 2.32. The molecule has 0 aliphatic carbocycles. The minimum Gasteiger partial charge on any atom is -0.481 e. The fourth-order valence-electron chi connectivity index (χ4n) is 2.94. The fraction of sp³-hybridized carbons (Fsp3) is 0.333. The van der Waals surface area contributed by atoms with Gasteiger partial charge < -0.3 is 19.8 Å². The Balaban J connectivity index is 1.80. The van der Waals surface area contributed by atoms with Crippen LogP contribution in [0.1, 0.15) is 44.2 Å². The third-order valence-electron chi connectivity index (χ3n) is 4.45. The van der Waals surface area contributed by atoms with E-state index in [0.29, 0.717) is 11.3 Å². The van der Waals surface area contributed by atoms with E-state index in [0.717, 1.165) is 6.07 Å². The van der Waals surface area contributed by atoms with E-state index in [1.165, 1.54) is 17.9 Å². The molecule has 2 heterocycles. The zero-order valence-corrected chi connectivity index (χ0v) is 14.9. The number of aliphatic carboxylic acids is 1. The zero-order valence-electron chi connectivity index (χ0n) is 14.9. The van der Waals surface area contributed by atoms with Crippen LogP contribution in [-0.2, 0) is 17.8 Å². The Hall–Kier alpha value is -3.30. The molecule has 0 saturated heterocycles. The highest BCUT2D eigenvalue weighted by atomic mass is 19.1. The maximum absolute atomic E-state index is 14.3. The van der Waals surface area contributed by atoms with Gasteiger partial charge in [-0.25, -0.2) is 8.78 Å². The molecule has 0 spiro atoms. The van der Waals surface area contributed by atoms with Gasteiger partial charge in [-0.15, -0.1) is 0 Å². The number of aromatic nitrogens is 1. The molecule has 8 nitrogen and oxygen atoms in total. The summed E-state index contributed by atoms with van der Waals surface area (Å²) in [6.07, 6.45) is -0.0339. The second-order valence-corrected chi connectivity index (χ2v) is 6.36. The summed E-state index contributed by atoms with van der Waals surface area (Å²) in [7, 11) is 0. The molecule has 1 aromatic heterocycles. The second kappa shape index (κ2) is 7.75.